The fourth-order valence-electron chi connectivity index (χ4n) is 4.00. The molecule has 35 heavy (non-hydrogen) atoms. The molecule has 3 aromatic carbocycles. The van der Waals surface area contributed by atoms with Crippen molar-refractivity contribution >= 4 is 22.9 Å². The van der Waals surface area contributed by atoms with E-state index >= 15 is 0 Å². The topological polar surface area (TPSA) is 85.1 Å². The number of hydrogen-bond donors (Lipinski definition) is 1. The van der Waals surface area contributed by atoms with Crippen LogP contribution in [0.4, 0.5) is 5.69 Å². The van der Waals surface area contributed by atoms with Gasteiger partial charge in [0.15, 0.2) is 0 Å². The predicted octanol–water partition coefficient (Wildman–Crippen LogP) is 6.04. The first-order valence-electron chi connectivity index (χ1n) is 11.6. The lowest BCUT2D eigenvalue weighted by Gasteiger charge is -2.22. The molecule has 6 nitrogen and oxygen atoms in total. The van der Waals surface area contributed by atoms with E-state index in [4.69, 9.17) is 4.98 Å². The smallest absolute Gasteiger partial charge is 0.269 e. The highest BCUT2D eigenvalue weighted by atomic mass is 32.1. The van der Waals surface area contributed by atoms with Crippen molar-refractivity contribution < 1.29 is 9.72 Å². The number of benzene rings is 3. The van der Waals surface area contributed by atoms with Gasteiger partial charge in [0, 0.05) is 17.5 Å². The van der Waals surface area contributed by atoms with E-state index in [0.29, 0.717) is 12.8 Å². The van der Waals surface area contributed by atoms with Crippen LogP contribution >= 0.6 is 11.3 Å². The van der Waals surface area contributed by atoms with Crippen LogP contribution in [0.15, 0.2) is 90.3 Å². The number of nitrogens with zero attached hydrogens (tertiary/aromatic N) is 2. The van der Waals surface area contributed by atoms with E-state index in [1.807, 2.05) is 73.0 Å². The summed E-state index contributed by atoms with van der Waals surface area (Å²) in [6.07, 6.45) is 1.89. The van der Waals surface area contributed by atoms with Gasteiger partial charge >= 0.3 is 0 Å². The average molecular weight is 486 g/mol. The van der Waals surface area contributed by atoms with Crippen LogP contribution in [-0.2, 0) is 24.1 Å². The van der Waals surface area contributed by atoms with Crippen molar-refractivity contribution in [1.29, 1.82) is 0 Å². The summed E-state index contributed by atoms with van der Waals surface area (Å²) in [7, 11) is 0. The number of aryl methyl sites for hydroxylation is 1. The Morgan fingerprint density at radius 2 is 1.57 bits per heavy atom. The van der Waals surface area contributed by atoms with E-state index in [-0.39, 0.29) is 23.6 Å². The maximum Gasteiger partial charge on any atom is 0.269 e. The number of aromatic nitrogens is 1. The molecule has 1 amide bonds. The van der Waals surface area contributed by atoms with Crippen molar-refractivity contribution in [1.82, 2.24) is 10.3 Å². The van der Waals surface area contributed by atoms with Crippen LogP contribution < -0.4 is 5.32 Å². The van der Waals surface area contributed by atoms with Crippen LogP contribution in [0, 0.1) is 10.1 Å². The zero-order valence-corrected chi connectivity index (χ0v) is 20.3. The summed E-state index contributed by atoms with van der Waals surface area (Å²) in [4.78, 5) is 29.1. The normalized spacial score (nSPS) is 12.6. The number of hydrogen-bond acceptors (Lipinski definition) is 5. The summed E-state index contributed by atoms with van der Waals surface area (Å²) in [5.74, 6) is -0.427. The molecule has 1 aromatic heterocycles. The van der Waals surface area contributed by atoms with Gasteiger partial charge in [-0.25, -0.2) is 4.98 Å². The summed E-state index contributed by atoms with van der Waals surface area (Å²) in [6.45, 7) is 2.05. The van der Waals surface area contributed by atoms with Crippen molar-refractivity contribution in [2.75, 3.05) is 0 Å². The lowest BCUT2D eigenvalue weighted by atomic mass is 9.90. The van der Waals surface area contributed by atoms with Gasteiger partial charge in [-0.3, -0.25) is 14.9 Å². The number of rotatable bonds is 10. The molecule has 4 aromatic rings. The minimum atomic E-state index is -0.411. The molecule has 0 fully saturated rings. The molecule has 1 unspecified atom stereocenters. The highest BCUT2D eigenvalue weighted by Gasteiger charge is 2.26. The zero-order chi connectivity index (χ0) is 24.6. The molecular weight excluding hydrogens is 458 g/mol. The Bertz CT molecular complexity index is 1260. The molecule has 0 radical (unpaired) electrons. The minimum Gasteiger partial charge on any atom is -0.346 e. The molecule has 0 aliphatic rings. The number of thiazole rings is 1. The van der Waals surface area contributed by atoms with Crippen LogP contribution in [0.3, 0.4) is 0 Å². The fourth-order valence-corrected chi connectivity index (χ4v) is 4.96. The van der Waals surface area contributed by atoms with Gasteiger partial charge in [-0.2, -0.15) is 0 Å². The number of non-ortho nitro benzene ring substituents is 1. The minimum absolute atomic E-state index is 0.0452. The monoisotopic (exact) mass is 485 g/mol. The molecule has 0 saturated heterocycles. The second-order valence-corrected chi connectivity index (χ2v) is 9.26. The van der Waals surface area contributed by atoms with Crippen molar-refractivity contribution in [3.8, 4) is 0 Å². The molecule has 0 saturated carbocycles. The maximum atomic E-state index is 13.7. The Kier molecular flexibility index (Phi) is 8.00. The Hall–Kier alpha value is -3.84. The largest absolute Gasteiger partial charge is 0.346 e. The third-order valence-electron chi connectivity index (χ3n) is 5.93. The van der Waals surface area contributed by atoms with Crippen molar-refractivity contribution in [3.63, 3.8) is 0 Å². The van der Waals surface area contributed by atoms with E-state index in [1.54, 1.807) is 12.1 Å². The number of carbonyl (C=O) groups is 1. The number of nitro groups is 1. The Morgan fingerprint density at radius 1 is 0.943 bits per heavy atom. The maximum absolute atomic E-state index is 13.7. The summed E-state index contributed by atoms with van der Waals surface area (Å²) in [6, 6.07) is 25.9. The number of nitrogens with one attached hydrogen (secondary N) is 1. The molecular formula is C28H27N3O3S. The van der Waals surface area contributed by atoms with Crippen LogP contribution in [0.25, 0.3) is 0 Å². The van der Waals surface area contributed by atoms with Gasteiger partial charge in [0.05, 0.1) is 22.6 Å². The van der Waals surface area contributed by atoms with E-state index in [1.165, 1.54) is 23.5 Å². The van der Waals surface area contributed by atoms with Gasteiger partial charge in [0.2, 0.25) is 5.91 Å². The number of nitro benzene ring substituents is 1. The third kappa shape index (κ3) is 6.39. The van der Waals surface area contributed by atoms with Crippen LogP contribution in [0.2, 0.25) is 0 Å². The van der Waals surface area contributed by atoms with Crippen molar-refractivity contribution in [3.05, 3.63) is 128 Å². The van der Waals surface area contributed by atoms with Crippen molar-refractivity contribution in [2.45, 2.75) is 38.1 Å². The molecule has 1 N–H and O–H groups in total. The Morgan fingerprint density at radius 3 is 2.17 bits per heavy atom. The molecule has 0 aliphatic carbocycles. The first kappa shape index (κ1) is 24.3. The average Bonchev–Trinajstić information content (AvgIpc) is 3.38. The van der Waals surface area contributed by atoms with Crippen LogP contribution in [0.1, 0.15) is 46.3 Å². The molecule has 178 valence electrons. The second kappa shape index (κ2) is 11.5. The quantitative estimate of drug-likeness (QED) is 0.219. The number of carbonyl (C=O) groups excluding carboxylic acids is 1. The molecule has 4 rings (SSSR count). The first-order valence-corrected chi connectivity index (χ1v) is 12.5. The molecule has 0 spiro atoms. The van der Waals surface area contributed by atoms with Crippen molar-refractivity contribution in [2.24, 2.45) is 0 Å². The summed E-state index contributed by atoms with van der Waals surface area (Å²) in [5, 5.41) is 17.1. The van der Waals surface area contributed by atoms with Crippen LogP contribution in [-0.4, -0.2) is 15.8 Å². The van der Waals surface area contributed by atoms with E-state index < -0.39 is 4.92 Å². The fraction of sp³-hybridized carbons (Fsp3) is 0.214. The number of amides is 1. The van der Waals surface area contributed by atoms with Gasteiger partial charge in [-0.1, -0.05) is 79.7 Å². The second-order valence-electron chi connectivity index (χ2n) is 8.37. The SMILES string of the molecule is CCc1csc([C@H](Cc2ccc([N+](=O)[O-])cc2)NC(=O)C(Cc2ccccc2)c2ccccc2)n1. The van der Waals surface area contributed by atoms with Gasteiger partial charge in [-0.05, 0) is 36.0 Å². The molecule has 0 bridgehead atoms. The Labute approximate surface area is 208 Å². The van der Waals surface area contributed by atoms with Crippen LogP contribution in [0.5, 0.6) is 0 Å². The predicted molar refractivity (Wildman–Crippen MR) is 139 cm³/mol. The van der Waals surface area contributed by atoms with Gasteiger partial charge in [0.25, 0.3) is 5.69 Å². The Balaban J connectivity index is 1.61. The highest BCUT2D eigenvalue weighted by molar-refractivity contribution is 7.09. The zero-order valence-electron chi connectivity index (χ0n) is 19.5. The molecule has 2 atom stereocenters. The molecule has 1 heterocycles. The van der Waals surface area contributed by atoms with Gasteiger partial charge in [-0.15, -0.1) is 11.3 Å². The third-order valence-corrected chi connectivity index (χ3v) is 6.94. The van der Waals surface area contributed by atoms with E-state index in [2.05, 4.69) is 5.32 Å². The summed E-state index contributed by atoms with van der Waals surface area (Å²) < 4.78 is 0. The highest BCUT2D eigenvalue weighted by Crippen LogP contribution is 2.27. The lowest BCUT2D eigenvalue weighted by Crippen LogP contribution is -2.35. The molecule has 7 heteroatoms. The van der Waals surface area contributed by atoms with E-state index in [0.717, 1.165) is 33.8 Å². The van der Waals surface area contributed by atoms with Gasteiger partial charge < -0.3 is 5.32 Å². The van der Waals surface area contributed by atoms with Gasteiger partial charge in [0.1, 0.15) is 5.01 Å². The van der Waals surface area contributed by atoms with E-state index in [9.17, 15) is 14.9 Å². The molecule has 0 aliphatic heterocycles. The lowest BCUT2D eigenvalue weighted by molar-refractivity contribution is -0.384. The summed E-state index contributed by atoms with van der Waals surface area (Å²) >= 11 is 1.53. The summed E-state index contributed by atoms with van der Waals surface area (Å²) in [5.41, 5.74) is 3.97. The standard InChI is InChI=1S/C28H27N3O3S/c1-2-23-19-35-28(29-23)26(18-21-13-15-24(16-14-21)31(33)34)30-27(32)25(22-11-7-4-8-12-22)17-20-9-5-3-6-10-20/h3-16,19,25-26H,2,17-18H2,1H3,(H,30,32)/t25?,26-/m0/s1. The first-order chi connectivity index (χ1) is 17.0.